The number of ether oxygens (including phenoxy) is 5. The lowest BCUT2D eigenvalue weighted by molar-refractivity contribution is -0.339. The summed E-state index contributed by atoms with van der Waals surface area (Å²) in [4.78, 5) is 0. The SMILES string of the molecule is Fc1cc(-c2cnn([C@H]3[C@@H](OCc4ccccc4)[C@@H](COCc4ccccc4)O[C@@]4(C=CCO4)[C@@H]3OCc3ccccc3)c2)cc(F)c1F. The zero-order valence-corrected chi connectivity index (χ0v) is 26.5. The Balaban J connectivity index is 1.28. The Kier molecular flexibility index (Phi) is 10.0. The van der Waals surface area contributed by atoms with Gasteiger partial charge in [-0.2, -0.15) is 5.10 Å². The van der Waals surface area contributed by atoms with E-state index in [4.69, 9.17) is 23.7 Å². The summed E-state index contributed by atoms with van der Waals surface area (Å²) in [5, 5.41) is 4.67. The molecule has 0 radical (unpaired) electrons. The van der Waals surface area contributed by atoms with Crippen LogP contribution in [0.3, 0.4) is 0 Å². The summed E-state index contributed by atoms with van der Waals surface area (Å²) in [7, 11) is 0. The molecule has 0 aliphatic carbocycles. The van der Waals surface area contributed by atoms with E-state index in [1.165, 1.54) is 6.20 Å². The average Bonchev–Trinajstić information content (AvgIpc) is 3.81. The molecule has 0 unspecified atom stereocenters. The summed E-state index contributed by atoms with van der Waals surface area (Å²) >= 11 is 0. The summed E-state index contributed by atoms with van der Waals surface area (Å²) in [5.74, 6) is -5.44. The van der Waals surface area contributed by atoms with Crippen molar-refractivity contribution in [3.8, 4) is 11.1 Å². The molecule has 1 spiro atoms. The number of nitrogens with zero attached hydrogens (tertiary/aromatic N) is 2. The number of halogens is 3. The fourth-order valence-electron chi connectivity index (χ4n) is 6.30. The van der Waals surface area contributed by atoms with Crippen molar-refractivity contribution >= 4 is 0 Å². The van der Waals surface area contributed by atoms with Crippen molar-refractivity contribution < 1.29 is 36.9 Å². The first kappa shape index (κ1) is 32.9. The minimum absolute atomic E-state index is 0.132. The van der Waals surface area contributed by atoms with Gasteiger partial charge in [-0.15, -0.1) is 0 Å². The third-order valence-electron chi connectivity index (χ3n) is 8.68. The van der Waals surface area contributed by atoms with E-state index in [0.717, 1.165) is 28.8 Å². The Morgan fingerprint density at radius 3 is 1.94 bits per heavy atom. The first-order valence-electron chi connectivity index (χ1n) is 16.1. The molecule has 252 valence electrons. The van der Waals surface area contributed by atoms with Crippen molar-refractivity contribution in [2.24, 2.45) is 0 Å². The zero-order chi connectivity index (χ0) is 33.6. The van der Waals surface area contributed by atoms with Crippen LogP contribution < -0.4 is 0 Å². The molecule has 1 aromatic heterocycles. The lowest BCUT2D eigenvalue weighted by Gasteiger charge is -2.50. The van der Waals surface area contributed by atoms with Crippen molar-refractivity contribution in [2.45, 2.75) is 50.0 Å². The van der Waals surface area contributed by atoms with Crippen LogP contribution in [0.2, 0.25) is 0 Å². The highest BCUT2D eigenvalue weighted by atomic mass is 19.2. The third-order valence-corrected chi connectivity index (χ3v) is 8.68. The van der Waals surface area contributed by atoms with E-state index in [2.05, 4.69) is 5.10 Å². The van der Waals surface area contributed by atoms with Crippen molar-refractivity contribution in [1.82, 2.24) is 9.78 Å². The summed E-state index contributed by atoms with van der Waals surface area (Å²) in [6.45, 7) is 1.27. The molecule has 7 rings (SSSR count). The number of hydrogen-bond acceptors (Lipinski definition) is 6. The van der Waals surface area contributed by atoms with Gasteiger partial charge in [0.2, 0.25) is 5.79 Å². The molecule has 1 saturated heterocycles. The summed E-state index contributed by atoms with van der Waals surface area (Å²) < 4.78 is 76.8. The molecular weight excluding hydrogens is 633 g/mol. The van der Waals surface area contributed by atoms with Gasteiger partial charge in [0.1, 0.15) is 24.4 Å². The molecule has 5 aromatic rings. The van der Waals surface area contributed by atoms with Gasteiger partial charge in [-0.05, 0) is 40.5 Å². The maximum Gasteiger partial charge on any atom is 0.218 e. The molecule has 49 heavy (non-hydrogen) atoms. The van der Waals surface area contributed by atoms with Gasteiger partial charge in [0.15, 0.2) is 17.5 Å². The van der Waals surface area contributed by atoms with Gasteiger partial charge in [-0.1, -0.05) is 97.1 Å². The largest absolute Gasteiger partial charge is 0.374 e. The van der Waals surface area contributed by atoms with Gasteiger partial charge in [0.25, 0.3) is 0 Å². The molecular formula is C39H35F3N2O5. The smallest absolute Gasteiger partial charge is 0.218 e. The lowest BCUT2D eigenvalue weighted by atomic mass is 9.89. The van der Waals surface area contributed by atoms with Gasteiger partial charge in [0, 0.05) is 11.8 Å². The van der Waals surface area contributed by atoms with E-state index in [0.29, 0.717) is 18.8 Å². The molecule has 2 aliphatic rings. The summed E-state index contributed by atoms with van der Waals surface area (Å²) in [6.07, 6.45) is 4.69. The second-order valence-corrected chi connectivity index (χ2v) is 12.0. The van der Waals surface area contributed by atoms with Gasteiger partial charge in [0.05, 0.1) is 39.2 Å². The molecule has 2 aliphatic heterocycles. The molecule has 0 amide bonds. The number of benzene rings is 4. The molecule has 7 nitrogen and oxygen atoms in total. The Bertz CT molecular complexity index is 1830. The van der Waals surface area contributed by atoms with Gasteiger partial charge >= 0.3 is 0 Å². The summed E-state index contributed by atoms with van der Waals surface area (Å²) in [5.41, 5.74) is 3.40. The van der Waals surface area contributed by atoms with Crippen molar-refractivity contribution in [2.75, 3.05) is 13.2 Å². The third kappa shape index (κ3) is 7.39. The maximum atomic E-state index is 14.3. The Labute approximate surface area is 282 Å². The van der Waals surface area contributed by atoms with Crippen LogP contribution in [0.25, 0.3) is 11.1 Å². The number of aromatic nitrogens is 2. The number of rotatable bonds is 12. The van der Waals surface area contributed by atoms with Gasteiger partial charge in [-0.25, -0.2) is 13.2 Å². The van der Waals surface area contributed by atoms with E-state index in [9.17, 15) is 13.2 Å². The topological polar surface area (TPSA) is 64.0 Å². The Morgan fingerprint density at radius 2 is 1.35 bits per heavy atom. The minimum atomic E-state index is -1.53. The molecule has 10 heteroatoms. The monoisotopic (exact) mass is 668 g/mol. The standard InChI is InChI=1S/C39H35F3N2O5/c40-32-19-30(20-33(41)35(32)42)31-21-43-44(22-31)36-37(46-24-28-13-6-2-7-14-28)34(26-45-23-27-11-4-1-5-12-27)49-39(17-10-18-48-39)38(36)47-25-29-15-8-3-9-16-29/h1-17,19-22,34,36-38H,18,23-26H2/t34-,36+,37+,38-,39+/m1/s1. The molecule has 3 heterocycles. The van der Waals surface area contributed by atoms with Crippen LogP contribution in [0, 0.1) is 17.5 Å². The van der Waals surface area contributed by atoms with E-state index in [-0.39, 0.29) is 25.4 Å². The average molecular weight is 669 g/mol. The lowest BCUT2D eigenvalue weighted by Crippen LogP contribution is -2.63. The number of hydrogen-bond donors (Lipinski definition) is 0. The van der Waals surface area contributed by atoms with E-state index in [1.807, 2.05) is 103 Å². The van der Waals surface area contributed by atoms with E-state index in [1.54, 1.807) is 10.9 Å². The second kappa shape index (κ2) is 14.9. The highest BCUT2D eigenvalue weighted by Crippen LogP contribution is 2.44. The molecule has 1 fully saturated rings. The fourth-order valence-corrected chi connectivity index (χ4v) is 6.30. The van der Waals surface area contributed by atoms with Gasteiger partial charge in [-0.3, -0.25) is 4.68 Å². The van der Waals surface area contributed by atoms with Crippen LogP contribution in [0.4, 0.5) is 13.2 Å². The van der Waals surface area contributed by atoms with Crippen molar-refractivity contribution in [3.05, 3.63) is 162 Å². The van der Waals surface area contributed by atoms with E-state index < -0.39 is 47.6 Å². The first-order valence-corrected chi connectivity index (χ1v) is 16.1. The van der Waals surface area contributed by atoms with E-state index >= 15 is 0 Å². The molecule has 0 saturated carbocycles. The quantitative estimate of drug-likeness (QED) is 0.101. The highest BCUT2D eigenvalue weighted by molar-refractivity contribution is 5.62. The minimum Gasteiger partial charge on any atom is -0.374 e. The van der Waals surface area contributed by atoms with Crippen LogP contribution in [0.1, 0.15) is 22.7 Å². The molecule has 0 bridgehead atoms. The predicted molar refractivity (Wildman–Crippen MR) is 175 cm³/mol. The van der Waals surface area contributed by atoms with Crippen LogP contribution in [0.5, 0.6) is 0 Å². The predicted octanol–water partition coefficient (Wildman–Crippen LogP) is 7.58. The van der Waals surface area contributed by atoms with Crippen LogP contribution in [-0.4, -0.2) is 47.1 Å². The maximum absolute atomic E-state index is 14.3. The molecule has 4 aromatic carbocycles. The molecule has 5 atom stereocenters. The summed E-state index contributed by atoms with van der Waals surface area (Å²) in [6, 6.07) is 30.5. The molecule has 0 N–H and O–H groups in total. The highest BCUT2D eigenvalue weighted by Gasteiger charge is 2.58. The van der Waals surface area contributed by atoms with Crippen LogP contribution in [0.15, 0.2) is 128 Å². The normalized spacial score (nSPS) is 23.3. The second-order valence-electron chi connectivity index (χ2n) is 12.0. The Hall–Kier alpha value is -4.58. The van der Waals surface area contributed by atoms with Gasteiger partial charge < -0.3 is 23.7 Å². The van der Waals surface area contributed by atoms with Crippen molar-refractivity contribution in [3.63, 3.8) is 0 Å². The van der Waals surface area contributed by atoms with Crippen molar-refractivity contribution in [1.29, 1.82) is 0 Å². The van der Waals surface area contributed by atoms with Crippen LogP contribution >= 0.6 is 0 Å². The first-order chi connectivity index (χ1) is 24.0. The zero-order valence-electron chi connectivity index (χ0n) is 26.5. The van der Waals surface area contributed by atoms with Crippen LogP contribution in [-0.2, 0) is 43.5 Å². The Morgan fingerprint density at radius 1 is 0.755 bits per heavy atom. The fraction of sp³-hybridized carbons (Fsp3) is 0.256.